The van der Waals surface area contributed by atoms with Crippen LogP contribution in [0.4, 0.5) is 10.5 Å². The van der Waals surface area contributed by atoms with Crippen molar-refractivity contribution in [3.8, 4) is 5.75 Å². The number of halogens is 2. The van der Waals surface area contributed by atoms with Crippen LogP contribution in [-0.4, -0.2) is 11.9 Å². The predicted molar refractivity (Wildman–Crippen MR) is 130 cm³/mol. The zero-order valence-corrected chi connectivity index (χ0v) is 19.5. The van der Waals surface area contributed by atoms with Crippen LogP contribution in [0.5, 0.6) is 5.75 Å². The van der Waals surface area contributed by atoms with Crippen molar-refractivity contribution in [3.63, 3.8) is 0 Å². The normalized spacial score (nSPS) is 14.8. The standard InChI is InChI=1S/C24H18ClIN2O3/c1-15-4-2-5-17(10-15)14-31-22-9-8-16(11-20(22)26)12-21-23(29)28(24(30)27-21)19-7-3-6-18(25)13-19/h2-13H,14H2,1H3,(H,27,30)/b21-12+. The Labute approximate surface area is 198 Å². The Hall–Kier alpha value is -2.84. The molecule has 1 aliphatic heterocycles. The van der Waals surface area contributed by atoms with E-state index in [0.29, 0.717) is 17.3 Å². The minimum absolute atomic E-state index is 0.203. The SMILES string of the molecule is Cc1cccc(COc2ccc(/C=C3/NC(=O)N(c4cccc(Cl)c4)C3=O)cc2I)c1. The number of benzene rings is 3. The van der Waals surface area contributed by atoms with Gasteiger partial charge in [-0.3, -0.25) is 4.79 Å². The van der Waals surface area contributed by atoms with Crippen LogP contribution in [-0.2, 0) is 11.4 Å². The van der Waals surface area contributed by atoms with Gasteiger partial charge in [-0.1, -0.05) is 53.6 Å². The second-order valence-corrected chi connectivity index (χ2v) is 8.67. The van der Waals surface area contributed by atoms with Gasteiger partial charge in [-0.05, 0) is 77.0 Å². The molecule has 0 atom stereocenters. The maximum Gasteiger partial charge on any atom is 0.333 e. The topological polar surface area (TPSA) is 58.6 Å². The number of aryl methyl sites for hydroxylation is 1. The van der Waals surface area contributed by atoms with Gasteiger partial charge in [0, 0.05) is 5.02 Å². The summed E-state index contributed by atoms with van der Waals surface area (Å²) in [4.78, 5) is 26.2. The van der Waals surface area contributed by atoms with Crippen molar-refractivity contribution >= 4 is 57.9 Å². The van der Waals surface area contributed by atoms with Crippen LogP contribution >= 0.6 is 34.2 Å². The molecule has 3 aromatic carbocycles. The third-order valence-corrected chi connectivity index (χ3v) is 5.77. The number of carbonyl (C=O) groups excluding carboxylic acids is 2. The molecule has 1 aliphatic rings. The minimum Gasteiger partial charge on any atom is -0.488 e. The zero-order valence-electron chi connectivity index (χ0n) is 16.6. The quantitative estimate of drug-likeness (QED) is 0.246. The highest BCUT2D eigenvalue weighted by molar-refractivity contribution is 14.1. The van der Waals surface area contributed by atoms with Crippen molar-refractivity contribution < 1.29 is 14.3 Å². The first-order valence-electron chi connectivity index (χ1n) is 9.51. The van der Waals surface area contributed by atoms with Crippen LogP contribution in [0, 0.1) is 10.5 Å². The number of carbonyl (C=O) groups is 2. The smallest absolute Gasteiger partial charge is 0.333 e. The third kappa shape index (κ3) is 4.91. The molecular weight excluding hydrogens is 527 g/mol. The van der Waals surface area contributed by atoms with E-state index in [-0.39, 0.29) is 5.70 Å². The average molecular weight is 545 g/mol. The second-order valence-electron chi connectivity index (χ2n) is 7.08. The Bertz CT molecular complexity index is 1210. The van der Waals surface area contributed by atoms with Crippen LogP contribution < -0.4 is 15.0 Å². The number of ether oxygens (including phenoxy) is 1. The molecule has 0 spiro atoms. The van der Waals surface area contributed by atoms with Gasteiger partial charge < -0.3 is 10.1 Å². The molecule has 0 radical (unpaired) electrons. The molecule has 7 heteroatoms. The summed E-state index contributed by atoms with van der Waals surface area (Å²) >= 11 is 8.19. The molecule has 1 heterocycles. The Morgan fingerprint density at radius 3 is 2.61 bits per heavy atom. The summed E-state index contributed by atoms with van der Waals surface area (Å²) in [6.07, 6.45) is 1.65. The molecule has 1 fully saturated rings. The van der Waals surface area contributed by atoms with E-state index in [2.05, 4.69) is 34.0 Å². The molecule has 1 N–H and O–H groups in total. The predicted octanol–water partition coefficient (Wildman–Crippen LogP) is 5.93. The van der Waals surface area contributed by atoms with Gasteiger partial charge in [0.2, 0.25) is 0 Å². The number of nitrogens with zero attached hydrogens (tertiary/aromatic N) is 1. The van der Waals surface area contributed by atoms with E-state index < -0.39 is 11.9 Å². The number of imide groups is 1. The van der Waals surface area contributed by atoms with E-state index in [1.165, 1.54) is 5.56 Å². The number of anilines is 1. The maximum atomic E-state index is 12.8. The molecule has 156 valence electrons. The summed E-state index contributed by atoms with van der Waals surface area (Å²) < 4.78 is 6.85. The molecule has 31 heavy (non-hydrogen) atoms. The molecular formula is C24H18ClIN2O3. The highest BCUT2D eigenvalue weighted by atomic mass is 127. The molecule has 0 saturated carbocycles. The van der Waals surface area contributed by atoms with Gasteiger partial charge in [-0.15, -0.1) is 0 Å². The fourth-order valence-corrected chi connectivity index (χ4v) is 4.12. The van der Waals surface area contributed by atoms with Crippen molar-refractivity contribution in [2.45, 2.75) is 13.5 Å². The molecule has 4 rings (SSSR count). The van der Waals surface area contributed by atoms with Gasteiger partial charge in [-0.2, -0.15) is 0 Å². The first kappa shape index (κ1) is 21.4. The summed E-state index contributed by atoms with van der Waals surface area (Å²) in [6.45, 7) is 2.52. The van der Waals surface area contributed by atoms with Crippen molar-refractivity contribution in [1.82, 2.24) is 5.32 Å². The van der Waals surface area contributed by atoms with Gasteiger partial charge in [0.1, 0.15) is 18.1 Å². The summed E-state index contributed by atoms with van der Waals surface area (Å²) in [6, 6.07) is 19.9. The number of hydrogen-bond acceptors (Lipinski definition) is 3. The van der Waals surface area contributed by atoms with Crippen molar-refractivity contribution in [2.75, 3.05) is 4.90 Å². The summed E-state index contributed by atoms with van der Waals surface area (Å²) in [5.74, 6) is 0.327. The fraction of sp³-hybridized carbons (Fsp3) is 0.0833. The Morgan fingerprint density at radius 1 is 1.06 bits per heavy atom. The highest BCUT2D eigenvalue weighted by Crippen LogP contribution is 2.27. The van der Waals surface area contributed by atoms with E-state index in [1.807, 2.05) is 43.3 Å². The lowest BCUT2D eigenvalue weighted by Gasteiger charge is -2.11. The Balaban J connectivity index is 1.50. The van der Waals surface area contributed by atoms with Gasteiger partial charge in [-0.25, -0.2) is 9.69 Å². The lowest BCUT2D eigenvalue weighted by Crippen LogP contribution is -2.30. The van der Waals surface area contributed by atoms with Crippen LogP contribution in [0.1, 0.15) is 16.7 Å². The molecule has 1 saturated heterocycles. The number of urea groups is 1. The van der Waals surface area contributed by atoms with Crippen LogP contribution in [0.3, 0.4) is 0 Å². The zero-order chi connectivity index (χ0) is 22.0. The molecule has 3 amide bonds. The van der Waals surface area contributed by atoms with Gasteiger partial charge in [0.15, 0.2) is 0 Å². The highest BCUT2D eigenvalue weighted by Gasteiger charge is 2.34. The molecule has 0 aliphatic carbocycles. The van der Waals surface area contributed by atoms with Crippen molar-refractivity contribution in [2.24, 2.45) is 0 Å². The van der Waals surface area contributed by atoms with Crippen molar-refractivity contribution in [1.29, 1.82) is 0 Å². The number of rotatable bonds is 5. The fourth-order valence-electron chi connectivity index (χ4n) is 3.24. The molecule has 3 aromatic rings. The first-order valence-corrected chi connectivity index (χ1v) is 11.0. The van der Waals surface area contributed by atoms with Crippen LogP contribution in [0.25, 0.3) is 6.08 Å². The van der Waals surface area contributed by atoms with Gasteiger partial charge in [0.25, 0.3) is 5.91 Å². The largest absolute Gasteiger partial charge is 0.488 e. The molecule has 0 aromatic heterocycles. The van der Waals surface area contributed by atoms with Crippen molar-refractivity contribution in [3.05, 3.63) is 97.7 Å². The van der Waals surface area contributed by atoms with E-state index in [9.17, 15) is 9.59 Å². The van der Waals surface area contributed by atoms with E-state index in [4.69, 9.17) is 16.3 Å². The lowest BCUT2D eigenvalue weighted by atomic mass is 10.1. The number of hydrogen-bond donors (Lipinski definition) is 1. The average Bonchev–Trinajstić information content (AvgIpc) is 3.00. The second kappa shape index (κ2) is 9.11. The molecule has 0 bridgehead atoms. The third-order valence-electron chi connectivity index (χ3n) is 4.69. The van der Waals surface area contributed by atoms with E-state index >= 15 is 0 Å². The Morgan fingerprint density at radius 2 is 1.87 bits per heavy atom. The number of nitrogens with one attached hydrogen (secondary N) is 1. The van der Waals surface area contributed by atoms with Crippen LogP contribution in [0.15, 0.2) is 72.4 Å². The monoisotopic (exact) mass is 544 g/mol. The minimum atomic E-state index is -0.508. The molecule has 0 unspecified atom stereocenters. The summed E-state index contributed by atoms with van der Waals surface area (Å²) in [5, 5.41) is 3.08. The summed E-state index contributed by atoms with van der Waals surface area (Å²) in [5.41, 5.74) is 3.70. The van der Waals surface area contributed by atoms with Gasteiger partial charge in [0.05, 0.1) is 9.26 Å². The lowest BCUT2D eigenvalue weighted by molar-refractivity contribution is -0.113. The first-order chi connectivity index (χ1) is 14.9. The molecule has 5 nitrogen and oxygen atoms in total. The van der Waals surface area contributed by atoms with Crippen LogP contribution in [0.2, 0.25) is 5.02 Å². The van der Waals surface area contributed by atoms with E-state index in [1.54, 1.807) is 30.3 Å². The Kier molecular flexibility index (Phi) is 6.29. The maximum absolute atomic E-state index is 12.8. The van der Waals surface area contributed by atoms with E-state index in [0.717, 1.165) is 25.3 Å². The summed E-state index contributed by atoms with van der Waals surface area (Å²) in [7, 11) is 0. The number of amides is 3. The van der Waals surface area contributed by atoms with Gasteiger partial charge >= 0.3 is 6.03 Å².